The Kier molecular flexibility index (Phi) is 7.36. The molecular weight excluding hydrogens is 451 g/mol. The summed E-state index contributed by atoms with van der Waals surface area (Å²) >= 11 is 11.9. The van der Waals surface area contributed by atoms with Crippen molar-refractivity contribution in [2.45, 2.75) is 24.3 Å². The van der Waals surface area contributed by atoms with E-state index < -0.39 is 28.5 Å². The largest absolute Gasteiger partial charge is 0.452 e. The number of amides is 1. The maximum Gasteiger partial charge on any atom is 0.338 e. The molecule has 1 aliphatic rings. The fourth-order valence-electron chi connectivity index (χ4n) is 2.96. The van der Waals surface area contributed by atoms with Crippen molar-refractivity contribution >= 4 is 45.1 Å². The molecule has 2 aromatic rings. The van der Waals surface area contributed by atoms with Crippen molar-refractivity contribution in [2.75, 3.05) is 19.7 Å². The molecule has 1 saturated heterocycles. The average Bonchev–Trinajstić information content (AvgIpc) is 3.27. The Morgan fingerprint density at radius 1 is 1.03 bits per heavy atom. The highest BCUT2D eigenvalue weighted by atomic mass is 35.5. The van der Waals surface area contributed by atoms with Crippen molar-refractivity contribution in [2.24, 2.45) is 0 Å². The number of carbonyl (C=O) groups excluding carboxylic acids is 2. The Morgan fingerprint density at radius 3 is 2.33 bits per heavy atom. The summed E-state index contributed by atoms with van der Waals surface area (Å²) in [5.41, 5.74) is 0.833. The third-order valence-electron chi connectivity index (χ3n) is 4.62. The number of nitrogens with zero attached hydrogens (tertiary/aromatic N) is 1. The van der Waals surface area contributed by atoms with E-state index in [9.17, 15) is 18.0 Å². The summed E-state index contributed by atoms with van der Waals surface area (Å²) in [6.45, 7) is 0.693. The summed E-state index contributed by atoms with van der Waals surface area (Å²) in [6.07, 6.45) is 1.69. The quantitative estimate of drug-likeness (QED) is 0.626. The van der Waals surface area contributed by atoms with E-state index in [0.29, 0.717) is 28.7 Å². The molecule has 0 spiro atoms. The van der Waals surface area contributed by atoms with Crippen molar-refractivity contribution < 1.29 is 22.7 Å². The predicted molar refractivity (Wildman–Crippen MR) is 113 cm³/mol. The summed E-state index contributed by atoms with van der Waals surface area (Å²) < 4.78 is 31.4. The topological polar surface area (TPSA) is 92.8 Å². The lowest BCUT2D eigenvalue weighted by atomic mass is 10.2. The van der Waals surface area contributed by atoms with Gasteiger partial charge in [-0.3, -0.25) is 4.79 Å². The number of nitrogens with one attached hydrogen (secondary N) is 1. The van der Waals surface area contributed by atoms with Gasteiger partial charge in [-0.1, -0.05) is 29.3 Å². The van der Waals surface area contributed by atoms with Crippen molar-refractivity contribution in [3.8, 4) is 0 Å². The van der Waals surface area contributed by atoms with E-state index in [0.717, 1.165) is 12.8 Å². The normalized spacial score (nSPS) is 14.5. The van der Waals surface area contributed by atoms with Crippen LogP contribution in [0.15, 0.2) is 47.4 Å². The average molecular weight is 471 g/mol. The molecule has 0 unspecified atom stereocenters. The van der Waals surface area contributed by atoms with E-state index in [2.05, 4.69) is 5.32 Å². The number of sulfonamides is 1. The Labute approximate surface area is 185 Å². The number of halogens is 2. The minimum absolute atomic E-state index is 0.124. The molecule has 0 atom stereocenters. The van der Waals surface area contributed by atoms with Gasteiger partial charge in [-0.2, -0.15) is 4.31 Å². The van der Waals surface area contributed by atoms with Crippen LogP contribution in [0.5, 0.6) is 0 Å². The minimum atomic E-state index is -3.55. The summed E-state index contributed by atoms with van der Waals surface area (Å²) in [5, 5.41) is 3.51. The lowest BCUT2D eigenvalue weighted by molar-refractivity contribution is -0.124. The Bertz CT molecular complexity index is 1040. The lowest BCUT2D eigenvalue weighted by Gasteiger charge is -2.15. The lowest BCUT2D eigenvalue weighted by Crippen LogP contribution is -2.28. The first-order chi connectivity index (χ1) is 14.3. The van der Waals surface area contributed by atoms with Gasteiger partial charge in [0.1, 0.15) is 0 Å². The molecule has 3 rings (SSSR count). The third-order valence-corrected chi connectivity index (χ3v) is 7.12. The number of ether oxygens (including phenoxy) is 1. The van der Waals surface area contributed by atoms with Gasteiger partial charge in [0.05, 0.1) is 10.5 Å². The van der Waals surface area contributed by atoms with E-state index >= 15 is 0 Å². The molecule has 0 aliphatic carbocycles. The fraction of sp³-hybridized carbons (Fsp3) is 0.300. The van der Waals surface area contributed by atoms with Crippen molar-refractivity contribution in [1.82, 2.24) is 9.62 Å². The highest BCUT2D eigenvalue weighted by Gasteiger charge is 2.27. The SMILES string of the molecule is O=C(COC(=O)c1ccc(S(=O)(=O)N2CCCC2)cc1)NCc1ccc(Cl)cc1Cl. The predicted octanol–water partition coefficient (Wildman–Crippen LogP) is 3.25. The standard InChI is InChI=1S/C20H20Cl2N2O5S/c21-16-6-3-15(18(22)11-16)12-23-19(25)13-29-20(26)14-4-7-17(8-5-14)30(27,28)24-9-1-2-10-24/h3-8,11H,1-2,9-10,12-13H2,(H,23,25). The minimum Gasteiger partial charge on any atom is -0.452 e. The van der Waals surface area contributed by atoms with Gasteiger partial charge in [0.2, 0.25) is 10.0 Å². The zero-order chi connectivity index (χ0) is 21.7. The van der Waals surface area contributed by atoms with Gasteiger partial charge in [-0.15, -0.1) is 0 Å². The fourth-order valence-corrected chi connectivity index (χ4v) is 4.96. The van der Waals surface area contributed by atoms with Crippen LogP contribution in [0.25, 0.3) is 0 Å². The highest BCUT2D eigenvalue weighted by molar-refractivity contribution is 7.89. The second kappa shape index (κ2) is 9.78. The van der Waals surface area contributed by atoms with Crippen LogP contribution in [0.3, 0.4) is 0 Å². The van der Waals surface area contributed by atoms with Crippen LogP contribution in [0.2, 0.25) is 10.0 Å². The zero-order valence-corrected chi connectivity index (χ0v) is 18.3. The van der Waals surface area contributed by atoms with E-state index in [-0.39, 0.29) is 17.0 Å². The van der Waals surface area contributed by atoms with Gasteiger partial charge in [0.25, 0.3) is 5.91 Å². The maximum atomic E-state index is 12.5. The van der Waals surface area contributed by atoms with E-state index in [4.69, 9.17) is 27.9 Å². The van der Waals surface area contributed by atoms with Gasteiger partial charge >= 0.3 is 5.97 Å². The number of hydrogen-bond acceptors (Lipinski definition) is 5. The van der Waals surface area contributed by atoms with Gasteiger partial charge in [0.15, 0.2) is 6.61 Å². The Balaban J connectivity index is 1.51. The van der Waals surface area contributed by atoms with Crippen molar-refractivity contribution in [3.05, 3.63) is 63.6 Å². The van der Waals surface area contributed by atoms with E-state index in [1.54, 1.807) is 18.2 Å². The zero-order valence-electron chi connectivity index (χ0n) is 15.9. The molecule has 0 bridgehead atoms. The molecule has 7 nitrogen and oxygen atoms in total. The molecule has 1 N–H and O–H groups in total. The monoisotopic (exact) mass is 470 g/mol. The molecule has 30 heavy (non-hydrogen) atoms. The molecule has 1 heterocycles. The first-order valence-corrected chi connectivity index (χ1v) is 11.4. The maximum absolute atomic E-state index is 12.5. The van der Waals surface area contributed by atoms with Crippen LogP contribution in [-0.2, 0) is 26.1 Å². The van der Waals surface area contributed by atoms with Gasteiger partial charge in [0, 0.05) is 29.7 Å². The summed E-state index contributed by atoms with van der Waals surface area (Å²) in [6, 6.07) is 10.4. The number of hydrogen-bond donors (Lipinski definition) is 1. The molecule has 0 aromatic heterocycles. The van der Waals surface area contributed by atoms with Crippen molar-refractivity contribution in [1.29, 1.82) is 0 Å². The first-order valence-electron chi connectivity index (χ1n) is 9.25. The molecule has 10 heteroatoms. The molecule has 1 amide bonds. The van der Waals surface area contributed by atoms with Crippen LogP contribution < -0.4 is 5.32 Å². The molecule has 1 fully saturated rings. The summed E-state index contributed by atoms with van der Waals surface area (Å²) in [5.74, 6) is -1.22. The van der Waals surface area contributed by atoms with Crippen LogP contribution in [0.4, 0.5) is 0 Å². The second-order valence-electron chi connectivity index (χ2n) is 6.72. The number of rotatable bonds is 7. The second-order valence-corrected chi connectivity index (χ2v) is 9.51. The smallest absolute Gasteiger partial charge is 0.338 e. The van der Waals surface area contributed by atoms with Gasteiger partial charge < -0.3 is 10.1 Å². The van der Waals surface area contributed by atoms with Crippen LogP contribution >= 0.6 is 23.2 Å². The Morgan fingerprint density at radius 2 is 1.70 bits per heavy atom. The van der Waals surface area contributed by atoms with Gasteiger partial charge in [-0.25, -0.2) is 13.2 Å². The summed E-state index contributed by atoms with van der Waals surface area (Å²) in [4.78, 5) is 24.2. The number of esters is 1. The van der Waals surface area contributed by atoms with Crippen LogP contribution in [-0.4, -0.2) is 44.3 Å². The third kappa shape index (κ3) is 5.51. The highest BCUT2D eigenvalue weighted by Crippen LogP contribution is 2.22. The molecule has 0 saturated carbocycles. The Hall–Kier alpha value is -2.13. The number of carbonyl (C=O) groups is 2. The van der Waals surface area contributed by atoms with E-state index in [1.165, 1.54) is 28.6 Å². The van der Waals surface area contributed by atoms with E-state index in [1.807, 2.05) is 0 Å². The molecule has 0 radical (unpaired) electrons. The first kappa shape index (κ1) is 22.6. The van der Waals surface area contributed by atoms with Crippen molar-refractivity contribution in [3.63, 3.8) is 0 Å². The molecular formula is C20H20Cl2N2O5S. The van der Waals surface area contributed by atoms with Crippen LogP contribution in [0.1, 0.15) is 28.8 Å². The molecule has 1 aliphatic heterocycles. The number of benzene rings is 2. The molecule has 2 aromatic carbocycles. The molecule has 160 valence electrons. The van der Waals surface area contributed by atoms with Gasteiger partial charge in [-0.05, 0) is 54.8 Å². The summed E-state index contributed by atoms with van der Waals surface area (Å²) in [7, 11) is -3.55. The van der Waals surface area contributed by atoms with Crippen LogP contribution in [0, 0.1) is 0 Å².